The van der Waals surface area contributed by atoms with E-state index in [1.165, 1.54) is 13.8 Å². The Labute approximate surface area is 218 Å². The minimum Gasteiger partial charge on any atom is -0.194 e. The standard InChI is InChI=1S/C29H22F6S2/c1-15-17(3)25(36-23(15)19-11-7-5-8-12-19)21-22(28(32,33)29(34,35)27(21,30)31)26-18(4)16(2)24(37-26)20-13-9-6-10-14-20/h5-14H,1-4H3. The number of hydrogen-bond donors (Lipinski definition) is 0. The van der Waals surface area contributed by atoms with Crippen molar-refractivity contribution in [1.82, 2.24) is 0 Å². The summed E-state index contributed by atoms with van der Waals surface area (Å²) in [6.07, 6.45) is 0. The average Bonchev–Trinajstić information content (AvgIpc) is 3.36. The van der Waals surface area contributed by atoms with E-state index >= 15 is 17.6 Å². The van der Waals surface area contributed by atoms with Gasteiger partial charge < -0.3 is 0 Å². The number of alkyl halides is 6. The Morgan fingerprint density at radius 3 is 1.08 bits per heavy atom. The lowest BCUT2D eigenvalue weighted by Gasteiger charge is -2.25. The van der Waals surface area contributed by atoms with Crippen molar-refractivity contribution in [2.24, 2.45) is 0 Å². The van der Waals surface area contributed by atoms with E-state index in [1.807, 2.05) is 0 Å². The zero-order valence-electron chi connectivity index (χ0n) is 20.4. The minimum absolute atomic E-state index is 0.236. The molecule has 0 aliphatic heterocycles. The Bertz CT molecular complexity index is 1410. The molecule has 4 aromatic rings. The fraction of sp³-hybridized carbons (Fsp3) is 0.241. The van der Waals surface area contributed by atoms with Crippen LogP contribution in [-0.2, 0) is 0 Å². The van der Waals surface area contributed by atoms with Gasteiger partial charge in [-0.2, -0.15) is 26.3 Å². The van der Waals surface area contributed by atoms with Crippen molar-refractivity contribution in [2.45, 2.75) is 45.5 Å². The lowest BCUT2D eigenvalue weighted by Crippen LogP contribution is -2.48. The summed E-state index contributed by atoms with van der Waals surface area (Å²) in [6, 6.07) is 17.7. The second-order valence-corrected chi connectivity index (χ2v) is 11.3. The Morgan fingerprint density at radius 1 is 0.459 bits per heavy atom. The largest absolute Gasteiger partial charge is 0.380 e. The van der Waals surface area contributed by atoms with Crippen molar-refractivity contribution in [3.8, 4) is 20.9 Å². The zero-order chi connectivity index (χ0) is 26.9. The molecule has 0 atom stereocenters. The van der Waals surface area contributed by atoms with Crippen molar-refractivity contribution in [3.05, 3.63) is 92.7 Å². The summed E-state index contributed by atoms with van der Waals surface area (Å²) in [7, 11) is 0. The lowest BCUT2D eigenvalue weighted by molar-refractivity contribution is -0.254. The molecular formula is C29H22F6S2. The summed E-state index contributed by atoms with van der Waals surface area (Å²) < 4.78 is 92.0. The molecule has 1 aliphatic carbocycles. The van der Waals surface area contributed by atoms with Crippen molar-refractivity contribution >= 4 is 33.8 Å². The Balaban J connectivity index is 1.85. The molecule has 5 rings (SSSR count). The summed E-state index contributed by atoms with van der Waals surface area (Å²) in [5.41, 5.74) is 0.621. The molecule has 0 radical (unpaired) electrons. The predicted octanol–water partition coefficient (Wildman–Crippen LogP) is 10.2. The van der Waals surface area contributed by atoms with Gasteiger partial charge in [0.05, 0.1) is 11.1 Å². The molecule has 2 aromatic heterocycles. The Hall–Kier alpha value is -2.84. The number of allylic oxidation sites excluding steroid dienone is 2. The van der Waals surface area contributed by atoms with Crippen LogP contribution < -0.4 is 0 Å². The van der Waals surface area contributed by atoms with Crippen molar-refractivity contribution in [2.75, 3.05) is 0 Å². The van der Waals surface area contributed by atoms with Gasteiger partial charge in [-0.1, -0.05) is 60.7 Å². The smallest absolute Gasteiger partial charge is 0.194 e. The number of halogens is 6. The maximum Gasteiger partial charge on any atom is 0.380 e. The zero-order valence-corrected chi connectivity index (χ0v) is 22.0. The monoisotopic (exact) mass is 548 g/mol. The van der Waals surface area contributed by atoms with Gasteiger partial charge in [-0.15, -0.1) is 22.7 Å². The van der Waals surface area contributed by atoms with E-state index < -0.39 is 28.9 Å². The SMILES string of the molecule is Cc1c(C2=C(c3sc(-c4ccccc4)c(C)c3C)C(F)(F)C(F)(F)C2(F)F)sc(-c2ccccc2)c1C. The topological polar surface area (TPSA) is 0 Å². The van der Waals surface area contributed by atoms with E-state index in [-0.39, 0.29) is 9.75 Å². The molecule has 0 fully saturated rings. The van der Waals surface area contributed by atoms with Crippen LogP contribution in [0.15, 0.2) is 60.7 Å². The van der Waals surface area contributed by atoms with Crippen LogP contribution in [0.1, 0.15) is 32.0 Å². The van der Waals surface area contributed by atoms with Gasteiger partial charge in [0.1, 0.15) is 0 Å². The van der Waals surface area contributed by atoms with Crippen LogP contribution in [0.3, 0.4) is 0 Å². The highest BCUT2D eigenvalue weighted by molar-refractivity contribution is 7.18. The van der Waals surface area contributed by atoms with E-state index in [4.69, 9.17) is 0 Å². The van der Waals surface area contributed by atoms with E-state index in [2.05, 4.69) is 0 Å². The highest BCUT2D eigenvalue weighted by Gasteiger charge is 2.80. The number of thiophene rings is 2. The molecule has 192 valence electrons. The second-order valence-electron chi connectivity index (χ2n) is 9.23. The summed E-state index contributed by atoms with van der Waals surface area (Å²) in [6.45, 7) is 6.42. The fourth-order valence-electron chi connectivity index (χ4n) is 4.74. The van der Waals surface area contributed by atoms with E-state index in [9.17, 15) is 8.78 Å². The molecule has 0 bridgehead atoms. The van der Waals surface area contributed by atoms with Gasteiger partial charge in [-0.05, 0) is 61.1 Å². The van der Waals surface area contributed by atoms with Crippen molar-refractivity contribution in [3.63, 3.8) is 0 Å². The first-order chi connectivity index (χ1) is 17.3. The number of rotatable bonds is 4. The van der Waals surface area contributed by atoms with Gasteiger partial charge in [-0.25, -0.2) is 0 Å². The third kappa shape index (κ3) is 3.56. The second kappa shape index (κ2) is 8.60. The number of benzene rings is 2. The molecular weight excluding hydrogens is 526 g/mol. The van der Waals surface area contributed by atoms with Gasteiger partial charge >= 0.3 is 17.8 Å². The average molecular weight is 549 g/mol. The highest BCUT2D eigenvalue weighted by atomic mass is 32.1. The van der Waals surface area contributed by atoms with Gasteiger partial charge in [0.15, 0.2) is 0 Å². The lowest BCUT2D eigenvalue weighted by atomic mass is 9.97. The van der Waals surface area contributed by atoms with Crippen LogP contribution in [0, 0.1) is 27.7 Å². The van der Waals surface area contributed by atoms with Crippen LogP contribution >= 0.6 is 22.7 Å². The maximum absolute atomic E-state index is 15.5. The first-order valence-corrected chi connectivity index (χ1v) is 13.2. The van der Waals surface area contributed by atoms with E-state index in [0.29, 0.717) is 43.1 Å². The normalized spacial score (nSPS) is 18.0. The molecule has 0 unspecified atom stereocenters. The van der Waals surface area contributed by atoms with Gasteiger partial charge in [0.25, 0.3) is 0 Å². The molecule has 8 heteroatoms. The molecule has 0 amide bonds. The van der Waals surface area contributed by atoms with Gasteiger partial charge in [-0.3, -0.25) is 0 Å². The summed E-state index contributed by atoms with van der Waals surface area (Å²) in [5.74, 6) is -15.7. The van der Waals surface area contributed by atoms with E-state index in [0.717, 1.165) is 22.7 Å². The quantitative estimate of drug-likeness (QED) is 0.223. The third-order valence-electron chi connectivity index (χ3n) is 7.09. The Morgan fingerprint density at radius 2 is 0.757 bits per heavy atom. The first kappa shape index (κ1) is 25.8. The van der Waals surface area contributed by atoms with Crippen LogP contribution in [-0.4, -0.2) is 17.8 Å². The van der Waals surface area contributed by atoms with Crippen LogP contribution in [0.5, 0.6) is 0 Å². The molecule has 0 N–H and O–H groups in total. The molecule has 1 aliphatic rings. The Kier molecular flexibility index (Phi) is 5.99. The summed E-state index contributed by atoms with van der Waals surface area (Å²) in [4.78, 5) is 0.691. The molecule has 0 saturated heterocycles. The molecule has 0 saturated carbocycles. The van der Waals surface area contributed by atoms with Crippen molar-refractivity contribution < 1.29 is 26.3 Å². The molecule has 2 heterocycles. The van der Waals surface area contributed by atoms with Crippen LogP contribution in [0.2, 0.25) is 0 Å². The van der Waals surface area contributed by atoms with Gasteiger partial charge in [0, 0.05) is 19.5 Å². The minimum atomic E-state index is -5.58. The highest BCUT2D eigenvalue weighted by Crippen LogP contribution is 2.67. The first-order valence-electron chi connectivity index (χ1n) is 11.5. The van der Waals surface area contributed by atoms with Gasteiger partial charge in [0.2, 0.25) is 0 Å². The predicted molar refractivity (Wildman–Crippen MR) is 140 cm³/mol. The van der Waals surface area contributed by atoms with Crippen LogP contribution in [0.4, 0.5) is 26.3 Å². The maximum atomic E-state index is 15.5. The summed E-state index contributed by atoms with van der Waals surface area (Å²) >= 11 is 1.70. The van der Waals surface area contributed by atoms with Crippen molar-refractivity contribution in [1.29, 1.82) is 0 Å². The molecule has 0 nitrogen and oxygen atoms in total. The fourth-order valence-corrected chi connectivity index (χ4v) is 7.54. The molecule has 0 spiro atoms. The van der Waals surface area contributed by atoms with E-state index in [1.54, 1.807) is 74.5 Å². The third-order valence-corrected chi connectivity index (χ3v) is 10.0. The summed E-state index contributed by atoms with van der Waals surface area (Å²) in [5, 5.41) is 0. The number of hydrogen-bond acceptors (Lipinski definition) is 2. The molecule has 37 heavy (non-hydrogen) atoms. The molecule has 2 aromatic carbocycles. The van der Waals surface area contributed by atoms with Crippen LogP contribution in [0.25, 0.3) is 32.0 Å².